The predicted octanol–water partition coefficient (Wildman–Crippen LogP) is 5.61. The van der Waals surface area contributed by atoms with Crippen molar-refractivity contribution in [2.45, 2.75) is 6.04 Å². The largest absolute Gasteiger partial charge is 0.507 e. The monoisotopic (exact) mass is 453 g/mol. The Labute approximate surface area is 195 Å². The number of aliphatic hydroxyl groups excluding tert-OH is 1. The summed E-state index contributed by atoms with van der Waals surface area (Å²) >= 11 is 0. The Morgan fingerprint density at radius 1 is 0.882 bits per heavy atom. The van der Waals surface area contributed by atoms with Crippen LogP contribution in [0.2, 0.25) is 0 Å². The summed E-state index contributed by atoms with van der Waals surface area (Å²) in [5.74, 6) is -1.91. The van der Waals surface area contributed by atoms with Gasteiger partial charge in [-0.1, -0.05) is 54.6 Å². The third kappa shape index (κ3) is 3.59. The molecule has 6 heteroatoms. The average molecular weight is 453 g/mol. The van der Waals surface area contributed by atoms with Gasteiger partial charge in [-0.2, -0.15) is 0 Å². The number of anilines is 1. The van der Waals surface area contributed by atoms with Crippen LogP contribution in [-0.2, 0) is 9.59 Å². The summed E-state index contributed by atoms with van der Waals surface area (Å²) in [6, 6.07) is 24.3. The van der Waals surface area contributed by atoms with E-state index >= 15 is 0 Å². The van der Waals surface area contributed by atoms with Crippen molar-refractivity contribution in [1.29, 1.82) is 0 Å². The number of halogens is 1. The van der Waals surface area contributed by atoms with Gasteiger partial charge in [-0.3, -0.25) is 14.5 Å². The normalized spacial score (nSPS) is 17.4. The number of amides is 1. The topological polar surface area (TPSA) is 66.8 Å². The second-order valence-electron chi connectivity index (χ2n) is 7.98. The molecule has 1 amide bonds. The van der Waals surface area contributed by atoms with Gasteiger partial charge in [0.2, 0.25) is 0 Å². The highest BCUT2D eigenvalue weighted by atomic mass is 19.1. The molecule has 0 saturated carbocycles. The highest BCUT2D eigenvalue weighted by molar-refractivity contribution is 6.51. The zero-order valence-corrected chi connectivity index (χ0v) is 18.2. The van der Waals surface area contributed by atoms with Crippen LogP contribution >= 0.6 is 0 Å². The number of aliphatic hydroxyl groups is 1. The number of rotatable bonds is 4. The molecule has 1 saturated heterocycles. The van der Waals surface area contributed by atoms with Gasteiger partial charge >= 0.3 is 0 Å². The fraction of sp³-hybridized carbons (Fsp3) is 0.0714. The van der Waals surface area contributed by atoms with Crippen LogP contribution in [0.5, 0.6) is 5.75 Å². The minimum Gasteiger partial charge on any atom is -0.507 e. The third-order valence-corrected chi connectivity index (χ3v) is 5.99. The maximum absolute atomic E-state index is 14.0. The molecule has 34 heavy (non-hydrogen) atoms. The van der Waals surface area contributed by atoms with E-state index in [4.69, 9.17) is 4.74 Å². The standard InChI is InChI=1S/C28H20FNO4/c1-34-23-13-11-18(12-14-23)25-24(26(31)20-10-9-17-5-2-3-6-19(17)15-20)27(32)28(33)30(25)22-8-4-7-21(29)16-22/h2-16,25,31H,1H3/b26-24-. The van der Waals surface area contributed by atoms with Crippen LogP contribution in [0.25, 0.3) is 16.5 Å². The van der Waals surface area contributed by atoms with Crippen molar-refractivity contribution in [3.05, 3.63) is 114 Å². The molecule has 168 valence electrons. The molecule has 1 N–H and O–H groups in total. The zero-order chi connectivity index (χ0) is 23.8. The van der Waals surface area contributed by atoms with Crippen molar-refractivity contribution < 1.29 is 23.8 Å². The lowest BCUT2D eigenvalue weighted by Crippen LogP contribution is -2.29. The minimum atomic E-state index is -0.945. The third-order valence-electron chi connectivity index (χ3n) is 5.99. The molecule has 1 heterocycles. The first-order chi connectivity index (χ1) is 16.5. The number of hydrogen-bond donors (Lipinski definition) is 1. The number of carbonyl (C=O) groups is 2. The SMILES string of the molecule is COc1ccc(C2/C(=C(/O)c3ccc4ccccc4c3)C(=O)C(=O)N2c2cccc(F)c2)cc1. The van der Waals surface area contributed by atoms with Gasteiger partial charge in [0.25, 0.3) is 11.7 Å². The molecule has 4 aromatic carbocycles. The van der Waals surface area contributed by atoms with Crippen LogP contribution in [0.15, 0.2) is 96.6 Å². The predicted molar refractivity (Wildman–Crippen MR) is 128 cm³/mol. The molecule has 1 fully saturated rings. The number of ether oxygens (including phenoxy) is 1. The van der Waals surface area contributed by atoms with E-state index in [-0.39, 0.29) is 17.0 Å². The Bertz CT molecular complexity index is 1460. The van der Waals surface area contributed by atoms with Gasteiger partial charge in [-0.05, 0) is 52.7 Å². The molecule has 1 aliphatic heterocycles. The molecule has 1 unspecified atom stereocenters. The Balaban J connectivity index is 1.72. The van der Waals surface area contributed by atoms with Crippen LogP contribution in [0.1, 0.15) is 17.2 Å². The number of hydrogen-bond acceptors (Lipinski definition) is 4. The first-order valence-corrected chi connectivity index (χ1v) is 10.7. The van der Waals surface area contributed by atoms with E-state index in [9.17, 15) is 19.1 Å². The molecule has 4 aromatic rings. The lowest BCUT2D eigenvalue weighted by atomic mass is 9.94. The Hall–Kier alpha value is -4.45. The van der Waals surface area contributed by atoms with Crippen LogP contribution in [0, 0.1) is 5.82 Å². The van der Waals surface area contributed by atoms with Gasteiger partial charge in [0.15, 0.2) is 0 Å². The van der Waals surface area contributed by atoms with E-state index < -0.39 is 23.5 Å². The minimum absolute atomic E-state index is 0.0605. The van der Waals surface area contributed by atoms with E-state index in [1.807, 2.05) is 30.3 Å². The van der Waals surface area contributed by atoms with Gasteiger partial charge in [0.05, 0.1) is 18.7 Å². The summed E-state index contributed by atoms with van der Waals surface area (Å²) in [4.78, 5) is 27.6. The first kappa shape index (κ1) is 21.4. The number of benzene rings is 4. The van der Waals surface area contributed by atoms with Gasteiger partial charge in [-0.25, -0.2) is 4.39 Å². The van der Waals surface area contributed by atoms with Crippen LogP contribution < -0.4 is 9.64 Å². The van der Waals surface area contributed by atoms with Crippen molar-refractivity contribution in [3.63, 3.8) is 0 Å². The Morgan fingerprint density at radius 3 is 2.32 bits per heavy atom. The van der Waals surface area contributed by atoms with E-state index in [0.717, 1.165) is 10.8 Å². The summed E-state index contributed by atoms with van der Waals surface area (Å²) in [5.41, 5.74) is 1.15. The summed E-state index contributed by atoms with van der Waals surface area (Å²) in [6.45, 7) is 0. The molecule has 5 nitrogen and oxygen atoms in total. The molecule has 5 rings (SSSR count). The lowest BCUT2D eigenvalue weighted by molar-refractivity contribution is -0.132. The number of fused-ring (bicyclic) bond motifs is 1. The van der Waals surface area contributed by atoms with E-state index in [1.165, 1.54) is 30.2 Å². The summed E-state index contributed by atoms with van der Waals surface area (Å²) in [5, 5.41) is 13.2. The highest BCUT2D eigenvalue weighted by Crippen LogP contribution is 2.42. The summed E-state index contributed by atoms with van der Waals surface area (Å²) in [6.07, 6.45) is 0. The zero-order valence-electron chi connectivity index (χ0n) is 18.2. The molecule has 0 spiro atoms. The van der Waals surface area contributed by atoms with Crippen molar-refractivity contribution in [2.75, 3.05) is 12.0 Å². The maximum atomic E-state index is 14.0. The van der Waals surface area contributed by atoms with Gasteiger partial charge in [0, 0.05) is 11.3 Å². The molecule has 0 aromatic heterocycles. The Kier molecular flexibility index (Phi) is 5.34. The van der Waals surface area contributed by atoms with Gasteiger partial charge < -0.3 is 9.84 Å². The van der Waals surface area contributed by atoms with Crippen molar-refractivity contribution >= 4 is 33.9 Å². The van der Waals surface area contributed by atoms with Crippen LogP contribution in [0.3, 0.4) is 0 Å². The van der Waals surface area contributed by atoms with Crippen LogP contribution in [-0.4, -0.2) is 23.9 Å². The van der Waals surface area contributed by atoms with Crippen molar-refractivity contribution in [3.8, 4) is 5.75 Å². The number of ketones is 1. The number of methoxy groups -OCH3 is 1. The van der Waals surface area contributed by atoms with Gasteiger partial charge in [0.1, 0.15) is 17.3 Å². The van der Waals surface area contributed by atoms with Crippen LogP contribution in [0.4, 0.5) is 10.1 Å². The highest BCUT2D eigenvalue weighted by Gasteiger charge is 2.47. The second-order valence-corrected chi connectivity index (χ2v) is 7.98. The van der Waals surface area contributed by atoms with E-state index in [1.54, 1.807) is 42.5 Å². The molecule has 1 aliphatic rings. The van der Waals surface area contributed by atoms with E-state index in [0.29, 0.717) is 16.9 Å². The quantitative estimate of drug-likeness (QED) is 0.248. The Morgan fingerprint density at radius 2 is 1.62 bits per heavy atom. The second kappa shape index (κ2) is 8.48. The molecular formula is C28H20FNO4. The maximum Gasteiger partial charge on any atom is 0.300 e. The van der Waals surface area contributed by atoms with Gasteiger partial charge in [-0.15, -0.1) is 0 Å². The smallest absolute Gasteiger partial charge is 0.300 e. The van der Waals surface area contributed by atoms with Crippen molar-refractivity contribution in [2.24, 2.45) is 0 Å². The molecular weight excluding hydrogens is 433 g/mol. The molecule has 0 bridgehead atoms. The van der Waals surface area contributed by atoms with Crippen molar-refractivity contribution in [1.82, 2.24) is 0 Å². The number of Topliss-reactive ketones (excluding diaryl/α,β-unsaturated/α-hetero) is 1. The summed E-state index contributed by atoms with van der Waals surface area (Å²) in [7, 11) is 1.54. The van der Waals surface area contributed by atoms with E-state index in [2.05, 4.69) is 0 Å². The number of carbonyl (C=O) groups excluding carboxylic acids is 2. The lowest BCUT2D eigenvalue weighted by Gasteiger charge is -2.25. The number of nitrogens with zero attached hydrogens (tertiary/aromatic N) is 1. The molecule has 0 radical (unpaired) electrons. The molecule has 0 aliphatic carbocycles. The average Bonchev–Trinajstić information content (AvgIpc) is 3.13. The summed E-state index contributed by atoms with van der Waals surface area (Å²) < 4.78 is 19.3. The molecule has 1 atom stereocenters. The fourth-order valence-corrected chi connectivity index (χ4v) is 4.32. The fourth-order valence-electron chi connectivity index (χ4n) is 4.32. The first-order valence-electron chi connectivity index (χ1n) is 10.7.